The van der Waals surface area contributed by atoms with E-state index in [0.717, 1.165) is 37.2 Å². The van der Waals surface area contributed by atoms with Crippen LogP contribution in [0.2, 0.25) is 5.02 Å². The van der Waals surface area contributed by atoms with Gasteiger partial charge in [0, 0.05) is 6.54 Å². The number of halogens is 1. The van der Waals surface area contributed by atoms with Gasteiger partial charge in [-0.2, -0.15) is 0 Å². The van der Waals surface area contributed by atoms with E-state index >= 15 is 0 Å². The number of carbonyl (C=O) groups is 1. The van der Waals surface area contributed by atoms with E-state index < -0.39 is 0 Å². The molecule has 1 heterocycles. The molecule has 1 aromatic rings. The Morgan fingerprint density at radius 1 is 1.53 bits per heavy atom. The van der Waals surface area contributed by atoms with Crippen LogP contribution in [0.15, 0.2) is 18.2 Å². The van der Waals surface area contributed by atoms with Gasteiger partial charge in [-0.15, -0.1) is 0 Å². The lowest BCUT2D eigenvalue weighted by Crippen LogP contribution is -2.37. The average molecular weight is 253 g/mol. The molecule has 1 aliphatic rings. The van der Waals surface area contributed by atoms with E-state index in [2.05, 4.69) is 10.6 Å². The summed E-state index contributed by atoms with van der Waals surface area (Å²) in [7, 11) is 0. The molecular weight excluding hydrogens is 236 g/mol. The van der Waals surface area contributed by atoms with Crippen LogP contribution in [0, 0.1) is 12.8 Å². The molecule has 1 unspecified atom stereocenters. The van der Waals surface area contributed by atoms with Crippen molar-refractivity contribution >= 4 is 23.2 Å². The van der Waals surface area contributed by atoms with Crippen LogP contribution in [0.3, 0.4) is 0 Å². The number of hydrogen-bond acceptors (Lipinski definition) is 2. The first-order valence-corrected chi connectivity index (χ1v) is 6.33. The molecule has 1 aliphatic heterocycles. The molecule has 3 nitrogen and oxygen atoms in total. The summed E-state index contributed by atoms with van der Waals surface area (Å²) in [4.78, 5) is 12.1. The van der Waals surface area contributed by atoms with Crippen molar-refractivity contribution in [2.24, 2.45) is 5.92 Å². The van der Waals surface area contributed by atoms with Gasteiger partial charge in [0.25, 0.3) is 0 Å². The zero-order valence-corrected chi connectivity index (χ0v) is 10.7. The van der Waals surface area contributed by atoms with Crippen LogP contribution in [-0.2, 0) is 4.79 Å². The van der Waals surface area contributed by atoms with Crippen molar-refractivity contribution in [1.82, 2.24) is 5.32 Å². The molecule has 1 aromatic carbocycles. The summed E-state index contributed by atoms with van der Waals surface area (Å²) in [5.41, 5.74) is 1.74. The van der Waals surface area contributed by atoms with Gasteiger partial charge in [0.1, 0.15) is 0 Å². The van der Waals surface area contributed by atoms with Gasteiger partial charge < -0.3 is 10.6 Å². The minimum atomic E-state index is 0.0550. The molecule has 1 saturated heterocycles. The van der Waals surface area contributed by atoms with Gasteiger partial charge in [-0.3, -0.25) is 4.79 Å². The Balaban J connectivity index is 2.07. The molecule has 17 heavy (non-hydrogen) atoms. The number of benzene rings is 1. The first-order valence-electron chi connectivity index (χ1n) is 5.95. The zero-order chi connectivity index (χ0) is 12.3. The number of hydrogen-bond donors (Lipinski definition) is 2. The number of para-hydroxylation sites is 1. The van der Waals surface area contributed by atoms with E-state index in [-0.39, 0.29) is 11.8 Å². The van der Waals surface area contributed by atoms with E-state index in [1.54, 1.807) is 6.07 Å². The molecule has 0 radical (unpaired) electrons. The number of rotatable bonds is 2. The van der Waals surface area contributed by atoms with Crippen molar-refractivity contribution in [2.75, 3.05) is 18.4 Å². The number of nitrogens with one attached hydrogen (secondary N) is 2. The molecule has 4 heteroatoms. The van der Waals surface area contributed by atoms with Crippen LogP contribution >= 0.6 is 11.6 Å². The van der Waals surface area contributed by atoms with Crippen molar-refractivity contribution in [3.8, 4) is 0 Å². The van der Waals surface area contributed by atoms with Crippen molar-refractivity contribution in [3.05, 3.63) is 28.8 Å². The van der Waals surface area contributed by atoms with Gasteiger partial charge in [0.05, 0.1) is 16.6 Å². The molecule has 0 aromatic heterocycles. The SMILES string of the molecule is Cc1cccc(Cl)c1NC(=O)C1CCCNC1. The van der Waals surface area contributed by atoms with Crippen molar-refractivity contribution < 1.29 is 4.79 Å². The fourth-order valence-electron chi connectivity index (χ4n) is 2.09. The summed E-state index contributed by atoms with van der Waals surface area (Å²) in [5, 5.41) is 6.77. The maximum absolute atomic E-state index is 12.1. The third-order valence-corrected chi connectivity index (χ3v) is 3.45. The Morgan fingerprint density at radius 3 is 3.00 bits per heavy atom. The number of carbonyl (C=O) groups excluding carboxylic acids is 1. The highest BCUT2D eigenvalue weighted by molar-refractivity contribution is 6.33. The highest BCUT2D eigenvalue weighted by Gasteiger charge is 2.21. The molecule has 1 atom stereocenters. The minimum Gasteiger partial charge on any atom is -0.324 e. The molecule has 2 N–H and O–H groups in total. The first kappa shape index (κ1) is 12.4. The molecule has 2 rings (SSSR count). The summed E-state index contributed by atoms with van der Waals surface area (Å²) in [6.07, 6.45) is 2.00. The van der Waals surface area contributed by atoms with Gasteiger partial charge in [0.2, 0.25) is 5.91 Å². The topological polar surface area (TPSA) is 41.1 Å². The van der Waals surface area contributed by atoms with E-state index in [4.69, 9.17) is 11.6 Å². The third kappa shape index (κ3) is 2.99. The summed E-state index contributed by atoms with van der Waals surface area (Å²) >= 11 is 6.08. The predicted octanol–water partition coefficient (Wildman–Crippen LogP) is 2.59. The Bertz CT molecular complexity index is 394. The summed E-state index contributed by atoms with van der Waals surface area (Å²) in [5.74, 6) is 0.118. The lowest BCUT2D eigenvalue weighted by atomic mass is 9.98. The van der Waals surface area contributed by atoms with E-state index in [1.165, 1.54) is 0 Å². The Kier molecular flexibility index (Phi) is 4.02. The van der Waals surface area contributed by atoms with Crippen LogP contribution < -0.4 is 10.6 Å². The first-order chi connectivity index (χ1) is 8.18. The molecule has 1 amide bonds. The van der Waals surface area contributed by atoms with Gasteiger partial charge >= 0.3 is 0 Å². The second-order valence-electron chi connectivity index (χ2n) is 4.46. The quantitative estimate of drug-likeness (QED) is 0.850. The summed E-state index contributed by atoms with van der Waals surface area (Å²) < 4.78 is 0. The predicted molar refractivity (Wildman–Crippen MR) is 70.4 cm³/mol. The summed E-state index contributed by atoms with van der Waals surface area (Å²) in [6.45, 7) is 3.71. The van der Waals surface area contributed by atoms with E-state index in [1.807, 2.05) is 19.1 Å². The Labute approximate surface area is 107 Å². The maximum atomic E-state index is 12.1. The number of piperidine rings is 1. The minimum absolute atomic E-state index is 0.0550. The van der Waals surface area contributed by atoms with Gasteiger partial charge in [-0.05, 0) is 37.9 Å². The van der Waals surface area contributed by atoms with Crippen molar-refractivity contribution in [1.29, 1.82) is 0 Å². The summed E-state index contributed by atoms with van der Waals surface area (Å²) in [6, 6.07) is 5.62. The number of aryl methyl sites for hydroxylation is 1. The molecule has 1 fully saturated rings. The second kappa shape index (κ2) is 5.52. The van der Waals surface area contributed by atoms with Crippen LogP contribution in [0.25, 0.3) is 0 Å². The maximum Gasteiger partial charge on any atom is 0.228 e. The van der Waals surface area contributed by atoms with Crippen LogP contribution in [0.5, 0.6) is 0 Å². The van der Waals surface area contributed by atoms with Crippen LogP contribution in [-0.4, -0.2) is 19.0 Å². The normalized spacial score (nSPS) is 20.0. The lowest BCUT2D eigenvalue weighted by Gasteiger charge is -2.22. The van der Waals surface area contributed by atoms with Crippen molar-refractivity contribution in [3.63, 3.8) is 0 Å². The van der Waals surface area contributed by atoms with Crippen molar-refractivity contribution in [2.45, 2.75) is 19.8 Å². The Morgan fingerprint density at radius 2 is 2.35 bits per heavy atom. The molecule has 0 spiro atoms. The number of anilines is 1. The molecule has 0 bridgehead atoms. The highest BCUT2D eigenvalue weighted by atomic mass is 35.5. The third-order valence-electron chi connectivity index (χ3n) is 3.14. The van der Waals surface area contributed by atoms with Gasteiger partial charge in [-0.1, -0.05) is 23.7 Å². The standard InChI is InChI=1S/C13H17ClN2O/c1-9-4-2-6-11(14)12(9)16-13(17)10-5-3-7-15-8-10/h2,4,6,10,15H,3,5,7-8H2,1H3,(H,16,17). The molecule has 0 saturated carbocycles. The van der Waals surface area contributed by atoms with Crippen LogP contribution in [0.1, 0.15) is 18.4 Å². The van der Waals surface area contributed by atoms with E-state index in [9.17, 15) is 4.79 Å². The molecule has 92 valence electrons. The fraction of sp³-hybridized carbons (Fsp3) is 0.462. The van der Waals surface area contributed by atoms with Gasteiger partial charge in [0.15, 0.2) is 0 Å². The smallest absolute Gasteiger partial charge is 0.228 e. The Hall–Kier alpha value is -1.06. The monoisotopic (exact) mass is 252 g/mol. The highest BCUT2D eigenvalue weighted by Crippen LogP contribution is 2.26. The molecular formula is C13H17ClN2O. The fourth-order valence-corrected chi connectivity index (χ4v) is 2.36. The largest absolute Gasteiger partial charge is 0.324 e. The average Bonchev–Trinajstić information content (AvgIpc) is 2.35. The van der Waals surface area contributed by atoms with E-state index in [0.29, 0.717) is 5.02 Å². The second-order valence-corrected chi connectivity index (χ2v) is 4.87. The molecule has 0 aliphatic carbocycles. The zero-order valence-electron chi connectivity index (χ0n) is 9.92. The number of amides is 1. The van der Waals surface area contributed by atoms with Gasteiger partial charge in [-0.25, -0.2) is 0 Å². The van der Waals surface area contributed by atoms with Crippen LogP contribution in [0.4, 0.5) is 5.69 Å². The lowest BCUT2D eigenvalue weighted by molar-refractivity contribution is -0.120.